The van der Waals surface area contributed by atoms with Gasteiger partial charge in [-0.05, 0) is 31.0 Å². The molecule has 0 saturated carbocycles. The highest BCUT2D eigenvalue weighted by molar-refractivity contribution is 5.77. The molecule has 2 aromatic rings. The van der Waals surface area contributed by atoms with E-state index in [-0.39, 0.29) is 11.5 Å². The van der Waals surface area contributed by atoms with Gasteiger partial charge < -0.3 is 14.5 Å². The second-order valence-electron chi connectivity index (χ2n) is 10.1. The molecule has 0 spiro atoms. The minimum atomic E-state index is -0.374. The Balaban J connectivity index is 1.33. The van der Waals surface area contributed by atoms with E-state index in [0.717, 1.165) is 18.4 Å². The molecule has 0 radical (unpaired) electrons. The molecule has 202 valence electrons. The molecule has 5 nitrogen and oxygen atoms in total. The highest BCUT2D eigenvalue weighted by Gasteiger charge is 2.03. The highest BCUT2D eigenvalue weighted by Crippen LogP contribution is 2.19. The van der Waals surface area contributed by atoms with Gasteiger partial charge in [-0.1, -0.05) is 103 Å². The van der Waals surface area contributed by atoms with E-state index in [0.29, 0.717) is 30.8 Å². The SMILES string of the molecule is CCCCCCCCCCCCCCCCCCNC(=O)CCCOc1ccc2ccc(=O)oc2c1. The van der Waals surface area contributed by atoms with Gasteiger partial charge in [-0.2, -0.15) is 0 Å². The van der Waals surface area contributed by atoms with Crippen LogP contribution in [0.3, 0.4) is 0 Å². The van der Waals surface area contributed by atoms with Gasteiger partial charge in [0, 0.05) is 30.5 Å². The second kappa shape index (κ2) is 19.8. The first kappa shape index (κ1) is 29.9. The number of hydrogen-bond donors (Lipinski definition) is 1. The van der Waals surface area contributed by atoms with Crippen LogP contribution >= 0.6 is 0 Å². The summed E-state index contributed by atoms with van der Waals surface area (Å²) in [7, 11) is 0. The van der Waals surface area contributed by atoms with Crippen LogP contribution in [-0.4, -0.2) is 19.1 Å². The average molecular weight is 500 g/mol. The second-order valence-corrected chi connectivity index (χ2v) is 10.1. The Kier molecular flexibility index (Phi) is 16.5. The van der Waals surface area contributed by atoms with Crippen LogP contribution in [-0.2, 0) is 4.79 Å². The van der Waals surface area contributed by atoms with Gasteiger partial charge in [-0.15, -0.1) is 0 Å². The molecule has 1 heterocycles. The zero-order chi connectivity index (χ0) is 25.7. The van der Waals surface area contributed by atoms with E-state index in [1.807, 2.05) is 12.1 Å². The number of fused-ring (bicyclic) bond motifs is 1. The highest BCUT2D eigenvalue weighted by atomic mass is 16.5. The molecule has 36 heavy (non-hydrogen) atoms. The molecule has 1 amide bonds. The standard InChI is InChI=1S/C31H49NO4/c1-2-3-4-5-6-7-8-9-10-11-12-13-14-15-16-17-24-32-30(33)19-18-25-35-28-22-20-27-21-23-31(34)36-29(27)26-28/h20-23,26H,2-19,24-25H2,1H3,(H,32,33). The Bertz CT molecular complexity index is 892. The molecule has 1 aromatic carbocycles. The van der Waals surface area contributed by atoms with E-state index >= 15 is 0 Å². The average Bonchev–Trinajstić information content (AvgIpc) is 2.88. The number of ether oxygens (including phenoxy) is 1. The fourth-order valence-corrected chi connectivity index (χ4v) is 4.54. The van der Waals surface area contributed by atoms with E-state index in [9.17, 15) is 9.59 Å². The summed E-state index contributed by atoms with van der Waals surface area (Å²) in [6.45, 7) is 3.50. The number of unbranched alkanes of at least 4 members (excludes halogenated alkanes) is 15. The number of hydrogen-bond acceptors (Lipinski definition) is 4. The largest absolute Gasteiger partial charge is 0.493 e. The summed E-state index contributed by atoms with van der Waals surface area (Å²) in [6, 6.07) is 8.56. The summed E-state index contributed by atoms with van der Waals surface area (Å²) in [6.07, 6.45) is 22.8. The Hall–Kier alpha value is -2.30. The summed E-state index contributed by atoms with van der Waals surface area (Å²) in [5, 5.41) is 3.87. The first-order valence-electron chi connectivity index (χ1n) is 14.6. The summed E-state index contributed by atoms with van der Waals surface area (Å²) >= 11 is 0. The van der Waals surface area contributed by atoms with Gasteiger partial charge in [0.2, 0.25) is 5.91 Å². The van der Waals surface area contributed by atoms with Crippen molar-refractivity contribution in [3.8, 4) is 5.75 Å². The summed E-state index contributed by atoms with van der Waals surface area (Å²) in [4.78, 5) is 23.4. The molecule has 2 rings (SSSR count). The van der Waals surface area contributed by atoms with E-state index in [1.165, 1.54) is 102 Å². The quantitative estimate of drug-likeness (QED) is 0.131. The van der Waals surface area contributed by atoms with Crippen LogP contribution in [0.4, 0.5) is 0 Å². The molecular formula is C31H49NO4. The molecule has 0 unspecified atom stereocenters. The molecule has 5 heteroatoms. The number of rotatable bonds is 22. The summed E-state index contributed by atoms with van der Waals surface area (Å²) < 4.78 is 10.9. The van der Waals surface area contributed by atoms with Crippen molar-refractivity contribution in [2.75, 3.05) is 13.2 Å². The molecule has 0 atom stereocenters. The van der Waals surface area contributed by atoms with Gasteiger partial charge in [0.1, 0.15) is 11.3 Å². The lowest BCUT2D eigenvalue weighted by Gasteiger charge is -2.08. The minimum Gasteiger partial charge on any atom is -0.493 e. The first-order chi connectivity index (χ1) is 17.7. The van der Waals surface area contributed by atoms with Gasteiger partial charge in [0.25, 0.3) is 0 Å². The fraction of sp³-hybridized carbons (Fsp3) is 0.677. The predicted molar refractivity (Wildman–Crippen MR) is 150 cm³/mol. The van der Waals surface area contributed by atoms with E-state index in [2.05, 4.69) is 12.2 Å². The van der Waals surface area contributed by atoms with Crippen molar-refractivity contribution in [2.24, 2.45) is 0 Å². The number of benzene rings is 1. The van der Waals surface area contributed by atoms with Crippen LogP contribution in [0.1, 0.15) is 122 Å². The van der Waals surface area contributed by atoms with Crippen molar-refractivity contribution in [3.63, 3.8) is 0 Å². The Morgan fingerprint density at radius 1 is 0.750 bits per heavy atom. The fourth-order valence-electron chi connectivity index (χ4n) is 4.54. The van der Waals surface area contributed by atoms with Crippen molar-refractivity contribution >= 4 is 16.9 Å². The van der Waals surface area contributed by atoms with Crippen LogP contribution < -0.4 is 15.7 Å². The zero-order valence-electron chi connectivity index (χ0n) is 22.7. The third-order valence-corrected chi connectivity index (χ3v) is 6.76. The van der Waals surface area contributed by atoms with E-state index in [1.54, 1.807) is 12.1 Å². The van der Waals surface area contributed by atoms with Gasteiger partial charge >= 0.3 is 5.63 Å². The molecule has 0 aliphatic carbocycles. The minimum absolute atomic E-state index is 0.0871. The molecule has 0 fully saturated rings. The monoisotopic (exact) mass is 499 g/mol. The van der Waals surface area contributed by atoms with Gasteiger partial charge in [-0.25, -0.2) is 4.79 Å². The third kappa shape index (κ3) is 14.3. The molecular weight excluding hydrogens is 450 g/mol. The van der Waals surface area contributed by atoms with E-state index in [4.69, 9.17) is 9.15 Å². The molecule has 1 N–H and O–H groups in total. The van der Waals surface area contributed by atoms with Gasteiger partial charge in [-0.3, -0.25) is 4.79 Å². The number of nitrogens with one attached hydrogen (secondary N) is 1. The van der Waals surface area contributed by atoms with Crippen molar-refractivity contribution in [1.82, 2.24) is 5.32 Å². The van der Waals surface area contributed by atoms with Crippen LogP contribution in [0.15, 0.2) is 39.5 Å². The summed E-state index contributed by atoms with van der Waals surface area (Å²) in [5.74, 6) is 0.731. The Labute approximate surface area is 218 Å². The maximum atomic E-state index is 12.0. The van der Waals surface area contributed by atoms with Crippen molar-refractivity contribution < 1.29 is 13.9 Å². The van der Waals surface area contributed by atoms with Gasteiger partial charge in [0.05, 0.1) is 6.61 Å². The van der Waals surface area contributed by atoms with Gasteiger partial charge in [0.15, 0.2) is 0 Å². The van der Waals surface area contributed by atoms with Crippen molar-refractivity contribution in [3.05, 3.63) is 40.8 Å². The number of carbonyl (C=O) groups excluding carboxylic acids is 1. The van der Waals surface area contributed by atoms with Crippen LogP contribution in [0.5, 0.6) is 5.75 Å². The zero-order valence-corrected chi connectivity index (χ0v) is 22.7. The Morgan fingerprint density at radius 2 is 1.31 bits per heavy atom. The smallest absolute Gasteiger partial charge is 0.336 e. The van der Waals surface area contributed by atoms with E-state index < -0.39 is 0 Å². The topological polar surface area (TPSA) is 68.5 Å². The molecule has 0 saturated heterocycles. The normalized spacial score (nSPS) is 11.1. The number of carbonyl (C=O) groups is 1. The lowest BCUT2D eigenvalue weighted by Crippen LogP contribution is -2.24. The van der Waals surface area contributed by atoms with Crippen LogP contribution in [0, 0.1) is 0 Å². The maximum absolute atomic E-state index is 12.0. The third-order valence-electron chi connectivity index (χ3n) is 6.76. The number of amides is 1. The lowest BCUT2D eigenvalue weighted by molar-refractivity contribution is -0.121. The van der Waals surface area contributed by atoms with Crippen LogP contribution in [0.25, 0.3) is 11.0 Å². The van der Waals surface area contributed by atoms with Crippen molar-refractivity contribution in [2.45, 2.75) is 122 Å². The summed E-state index contributed by atoms with van der Waals surface area (Å²) in [5.41, 5.74) is 0.136. The maximum Gasteiger partial charge on any atom is 0.336 e. The first-order valence-corrected chi connectivity index (χ1v) is 14.6. The Morgan fingerprint density at radius 3 is 1.92 bits per heavy atom. The molecule has 0 aliphatic heterocycles. The lowest BCUT2D eigenvalue weighted by atomic mass is 10.0. The molecule has 0 bridgehead atoms. The van der Waals surface area contributed by atoms with Crippen molar-refractivity contribution in [1.29, 1.82) is 0 Å². The predicted octanol–water partition coefficient (Wildman–Crippen LogP) is 8.33. The molecule has 1 aromatic heterocycles. The molecule has 0 aliphatic rings. The van der Waals surface area contributed by atoms with Crippen LogP contribution in [0.2, 0.25) is 0 Å².